The molecule has 0 amide bonds. The number of aromatic nitrogens is 5. The second kappa shape index (κ2) is 8.00. The summed E-state index contributed by atoms with van der Waals surface area (Å²) in [6, 6.07) is 20.3. The van der Waals surface area contributed by atoms with Crippen molar-refractivity contribution < 1.29 is 4.79 Å². The first kappa shape index (κ1) is 17.9. The number of aldehydes is 1. The number of nitrogens with one attached hydrogen (secondary N) is 1. The molecule has 0 atom stereocenters. The van der Waals surface area contributed by atoms with Crippen LogP contribution in [0.2, 0.25) is 0 Å². The Kier molecular flexibility index (Phi) is 5.10. The van der Waals surface area contributed by atoms with Gasteiger partial charge in [0.2, 0.25) is 5.82 Å². The van der Waals surface area contributed by atoms with Crippen LogP contribution in [0.15, 0.2) is 60.7 Å². The number of nitrogens with zero attached hydrogens (tertiary/aromatic N) is 4. The van der Waals surface area contributed by atoms with Gasteiger partial charge in [0.15, 0.2) is 6.29 Å². The Morgan fingerprint density at radius 3 is 2.46 bits per heavy atom. The van der Waals surface area contributed by atoms with Crippen LogP contribution >= 0.6 is 0 Å². The first-order valence-electron chi connectivity index (χ1n) is 9.36. The van der Waals surface area contributed by atoms with Gasteiger partial charge in [-0.2, -0.15) is 5.21 Å². The zero-order chi connectivity index (χ0) is 19.3. The molecule has 0 radical (unpaired) electrons. The molecule has 140 valence electrons. The SMILES string of the molecule is CCCc1ccc(C=O)n1Cc1ccc(-c2ccccc2-c2nn[nH]n2)cc1. The van der Waals surface area contributed by atoms with Crippen molar-refractivity contribution in [1.29, 1.82) is 0 Å². The highest BCUT2D eigenvalue weighted by molar-refractivity contribution is 5.80. The number of carbonyl (C=O) groups is 1. The van der Waals surface area contributed by atoms with Gasteiger partial charge in [0.05, 0.1) is 5.69 Å². The largest absolute Gasteiger partial charge is 0.338 e. The van der Waals surface area contributed by atoms with Crippen LogP contribution in [-0.4, -0.2) is 31.5 Å². The Labute approximate surface area is 163 Å². The summed E-state index contributed by atoms with van der Waals surface area (Å²) in [6.07, 6.45) is 2.94. The van der Waals surface area contributed by atoms with Gasteiger partial charge in [-0.1, -0.05) is 61.9 Å². The molecule has 0 unspecified atom stereocenters. The van der Waals surface area contributed by atoms with E-state index in [1.54, 1.807) is 0 Å². The van der Waals surface area contributed by atoms with E-state index in [0.717, 1.165) is 47.1 Å². The second-order valence-corrected chi connectivity index (χ2v) is 6.68. The third-order valence-corrected chi connectivity index (χ3v) is 4.85. The van der Waals surface area contributed by atoms with Crippen molar-refractivity contribution >= 4 is 6.29 Å². The van der Waals surface area contributed by atoms with Crippen LogP contribution in [0, 0.1) is 0 Å². The number of aromatic amines is 1. The summed E-state index contributed by atoms with van der Waals surface area (Å²) in [4.78, 5) is 11.4. The molecule has 0 fully saturated rings. The van der Waals surface area contributed by atoms with Gasteiger partial charge in [-0.25, -0.2) is 0 Å². The Balaban J connectivity index is 1.63. The first-order valence-corrected chi connectivity index (χ1v) is 9.36. The minimum absolute atomic E-state index is 0.576. The maximum atomic E-state index is 11.4. The van der Waals surface area contributed by atoms with Gasteiger partial charge in [0, 0.05) is 17.8 Å². The molecule has 0 aliphatic carbocycles. The maximum Gasteiger partial charge on any atom is 0.205 e. The molecule has 4 rings (SSSR count). The quantitative estimate of drug-likeness (QED) is 0.495. The fourth-order valence-corrected chi connectivity index (χ4v) is 3.48. The van der Waals surface area contributed by atoms with Gasteiger partial charge >= 0.3 is 0 Å². The molecule has 28 heavy (non-hydrogen) atoms. The molecule has 6 nitrogen and oxygen atoms in total. The van der Waals surface area contributed by atoms with E-state index >= 15 is 0 Å². The van der Waals surface area contributed by atoms with Crippen molar-refractivity contribution in [2.24, 2.45) is 0 Å². The van der Waals surface area contributed by atoms with Crippen molar-refractivity contribution in [3.05, 3.63) is 77.6 Å². The second-order valence-electron chi connectivity index (χ2n) is 6.68. The van der Waals surface area contributed by atoms with Crippen molar-refractivity contribution in [2.75, 3.05) is 0 Å². The Morgan fingerprint density at radius 2 is 1.79 bits per heavy atom. The molecule has 0 spiro atoms. The zero-order valence-electron chi connectivity index (χ0n) is 15.7. The minimum atomic E-state index is 0.576. The molecular weight excluding hydrogens is 350 g/mol. The molecule has 6 heteroatoms. The number of aryl methyl sites for hydroxylation is 1. The normalized spacial score (nSPS) is 10.9. The van der Waals surface area contributed by atoms with Crippen LogP contribution in [0.3, 0.4) is 0 Å². The third-order valence-electron chi connectivity index (χ3n) is 4.85. The van der Waals surface area contributed by atoms with E-state index in [0.29, 0.717) is 12.4 Å². The predicted octanol–water partition coefficient (Wildman–Crippen LogP) is 4.15. The van der Waals surface area contributed by atoms with Gasteiger partial charge < -0.3 is 4.57 Å². The highest BCUT2D eigenvalue weighted by Gasteiger charge is 2.11. The standard InChI is InChI=1S/C22H21N5O/c1-2-5-18-12-13-19(15-28)27(18)14-16-8-10-17(11-9-16)20-6-3-4-7-21(20)22-23-25-26-24-22/h3-4,6-13,15H,2,5,14H2,1H3,(H,23,24,25,26). The topological polar surface area (TPSA) is 76.5 Å². The van der Waals surface area contributed by atoms with Crippen molar-refractivity contribution in [3.8, 4) is 22.5 Å². The van der Waals surface area contributed by atoms with Gasteiger partial charge in [-0.3, -0.25) is 4.79 Å². The number of hydrogen-bond acceptors (Lipinski definition) is 4. The van der Waals surface area contributed by atoms with E-state index in [9.17, 15) is 4.79 Å². The third kappa shape index (κ3) is 3.49. The number of tetrazole rings is 1. The van der Waals surface area contributed by atoms with Crippen LogP contribution in [-0.2, 0) is 13.0 Å². The Bertz CT molecular complexity index is 1060. The smallest absolute Gasteiger partial charge is 0.205 e. The Hall–Kier alpha value is -3.54. The Morgan fingerprint density at radius 1 is 1.00 bits per heavy atom. The van der Waals surface area contributed by atoms with E-state index < -0.39 is 0 Å². The van der Waals surface area contributed by atoms with Gasteiger partial charge in [0.25, 0.3) is 0 Å². The summed E-state index contributed by atoms with van der Waals surface area (Å²) in [5.41, 5.74) is 6.13. The summed E-state index contributed by atoms with van der Waals surface area (Å²) in [7, 11) is 0. The van der Waals surface area contributed by atoms with Gasteiger partial charge in [-0.15, -0.1) is 10.2 Å². The fraction of sp³-hybridized carbons (Fsp3) is 0.182. The number of H-pyrrole nitrogens is 1. The molecule has 4 aromatic rings. The van der Waals surface area contributed by atoms with Crippen LogP contribution in [0.5, 0.6) is 0 Å². The summed E-state index contributed by atoms with van der Waals surface area (Å²) in [5, 5.41) is 14.4. The van der Waals surface area contributed by atoms with Crippen LogP contribution in [0.25, 0.3) is 22.5 Å². The van der Waals surface area contributed by atoms with Crippen LogP contribution < -0.4 is 0 Å². The lowest BCUT2D eigenvalue weighted by Crippen LogP contribution is -2.07. The zero-order valence-corrected chi connectivity index (χ0v) is 15.7. The molecule has 0 bridgehead atoms. The van der Waals surface area contributed by atoms with E-state index in [2.05, 4.69) is 62.4 Å². The highest BCUT2D eigenvalue weighted by Crippen LogP contribution is 2.29. The summed E-state index contributed by atoms with van der Waals surface area (Å²) in [6.45, 7) is 2.83. The number of benzene rings is 2. The van der Waals surface area contributed by atoms with E-state index in [-0.39, 0.29) is 0 Å². The van der Waals surface area contributed by atoms with Crippen molar-refractivity contribution in [2.45, 2.75) is 26.3 Å². The average Bonchev–Trinajstić information content (AvgIpc) is 3.40. The molecule has 0 aliphatic heterocycles. The molecule has 2 aromatic carbocycles. The molecule has 2 heterocycles. The van der Waals surface area contributed by atoms with E-state index in [4.69, 9.17) is 0 Å². The summed E-state index contributed by atoms with van der Waals surface area (Å²) >= 11 is 0. The highest BCUT2D eigenvalue weighted by atomic mass is 16.1. The molecule has 0 aliphatic rings. The number of hydrogen-bond donors (Lipinski definition) is 1. The number of rotatable bonds is 7. The van der Waals surface area contributed by atoms with Crippen molar-refractivity contribution in [1.82, 2.24) is 25.2 Å². The average molecular weight is 371 g/mol. The van der Waals surface area contributed by atoms with Crippen molar-refractivity contribution in [3.63, 3.8) is 0 Å². The molecule has 0 saturated carbocycles. The monoisotopic (exact) mass is 371 g/mol. The maximum absolute atomic E-state index is 11.4. The first-order chi connectivity index (χ1) is 13.8. The number of carbonyl (C=O) groups excluding carboxylic acids is 1. The molecule has 2 aromatic heterocycles. The lowest BCUT2D eigenvalue weighted by Gasteiger charge is -2.12. The van der Waals surface area contributed by atoms with E-state index in [1.165, 1.54) is 5.69 Å². The lowest BCUT2D eigenvalue weighted by molar-refractivity contribution is 0.111. The predicted molar refractivity (Wildman–Crippen MR) is 108 cm³/mol. The lowest BCUT2D eigenvalue weighted by atomic mass is 9.98. The summed E-state index contributed by atoms with van der Waals surface area (Å²) < 4.78 is 2.10. The van der Waals surface area contributed by atoms with Gasteiger partial charge in [0.1, 0.15) is 0 Å². The minimum Gasteiger partial charge on any atom is -0.338 e. The summed E-state index contributed by atoms with van der Waals surface area (Å²) in [5.74, 6) is 0.576. The van der Waals surface area contributed by atoms with Gasteiger partial charge in [-0.05, 0) is 40.5 Å². The molecular formula is C22H21N5O. The van der Waals surface area contributed by atoms with Crippen LogP contribution in [0.4, 0.5) is 0 Å². The molecule has 0 saturated heterocycles. The molecule has 1 N–H and O–H groups in total. The fourth-order valence-electron chi connectivity index (χ4n) is 3.48. The van der Waals surface area contributed by atoms with Crippen LogP contribution in [0.1, 0.15) is 35.1 Å². The van der Waals surface area contributed by atoms with E-state index in [1.807, 2.05) is 30.3 Å².